The zero-order chi connectivity index (χ0) is 9.03. The third-order valence-corrected chi connectivity index (χ3v) is 3.03. The molecule has 2 N–H and O–H groups in total. The molecular formula is C10H20O2. The van der Waals surface area contributed by atoms with E-state index < -0.39 is 5.60 Å². The quantitative estimate of drug-likeness (QED) is 0.633. The predicted octanol–water partition coefficient (Wildman–Crippen LogP) is 1.84. The number of rotatable bonds is 1. The summed E-state index contributed by atoms with van der Waals surface area (Å²) >= 11 is 0. The summed E-state index contributed by atoms with van der Waals surface area (Å²) < 4.78 is 0. The second kappa shape index (κ2) is 4.24. The molecule has 2 heteroatoms. The van der Waals surface area contributed by atoms with E-state index in [-0.39, 0.29) is 6.10 Å². The zero-order valence-corrected chi connectivity index (χ0v) is 7.92. The second-order valence-corrected chi connectivity index (χ2v) is 4.02. The molecular weight excluding hydrogens is 152 g/mol. The van der Waals surface area contributed by atoms with Gasteiger partial charge in [-0.05, 0) is 32.1 Å². The van der Waals surface area contributed by atoms with Crippen molar-refractivity contribution in [2.75, 3.05) is 0 Å². The maximum absolute atomic E-state index is 9.99. The summed E-state index contributed by atoms with van der Waals surface area (Å²) in [4.78, 5) is 0. The molecule has 0 amide bonds. The molecule has 0 radical (unpaired) electrons. The summed E-state index contributed by atoms with van der Waals surface area (Å²) in [5.41, 5.74) is -0.485. The van der Waals surface area contributed by atoms with Gasteiger partial charge in [-0.3, -0.25) is 0 Å². The van der Waals surface area contributed by atoms with Gasteiger partial charge >= 0.3 is 0 Å². The Bertz CT molecular complexity index is 136. The molecule has 2 atom stereocenters. The van der Waals surface area contributed by atoms with E-state index in [2.05, 4.69) is 0 Å². The molecule has 72 valence electrons. The van der Waals surface area contributed by atoms with E-state index in [1.165, 1.54) is 0 Å². The van der Waals surface area contributed by atoms with Gasteiger partial charge in [-0.1, -0.05) is 19.8 Å². The fraction of sp³-hybridized carbons (Fsp3) is 1.00. The van der Waals surface area contributed by atoms with Crippen LogP contribution in [0.1, 0.15) is 51.9 Å². The van der Waals surface area contributed by atoms with Gasteiger partial charge in [-0.25, -0.2) is 0 Å². The highest BCUT2D eigenvalue weighted by molar-refractivity contribution is 4.80. The molecule has 0 saturated heterocycles. The average Bonchev–Trinajstić information content (AvgIpc) is 2.07. The molecule has 0 aromatic carbocycles. The van der Waals surface area contributed by atoms with Gasteiger partial charge in [0.25, 0.3) is 0 Å². The van der Waals surface area contributed by atoms with Crippen molar-refractivity contribution in [3.05, 3.63) is 0 Å². The fourth-order valence-electron chi connectivity index (χ4n) is 1.89. The van der Waals surface area contributed by atoms with Gasteiger partial charge in [-0.2, -0.15) is 0 Å². The Labute approximate surface area is 74.6 Å². The topological polar surface area (TPSA) is 40.5 Å². The van der Waals surface area contributed by atoms with Gasteiger partial charge < -0.3 is 10.2 Å². The van der Waals surface area contributed by atoms with Gasteiger partial charge in [0.15, 0.2) is 0 Å². The van der Waals surface area contributed by atoms with Crippen LogP contribution in [-0.2, 0) is 0 Å². The molecule has 2 unspecified atom stereocenters. The molecule has 0 aliphatic heterocycles. The van der Waals surface area contributed by atoms with Crippen molar-refractivity contribution in [3.8, 4) is 0 Å². The normalized spacial score (nSPS) is 38.8. The van der Waals surface area contributed by atoms with Crippen LogP contribution in [0.3, 0.4) is 0 Å². The van der Waals surface area contributed by atoms with E-state index in [0.717, 1.165) is 44.9 Å². The van der Waals surface area contributed by atoms with Crippen molar-refractivity contribution in [3.63, 3.8) is 0 Å². The standard InChI is InChI=1S/C10H20O2/c1-2-10(12)7-4-3-5-9(11)6-8-10/h9,11-12H,2-8H2,1H3. The Morgan fingerprint density at radius 1 is 1.25 bits per heavy atom. The minimum absolute atomic E-state index is 0.177. The summed E-state index contributed by atoms with van der Waals surface area (Å²) in [5, 5.41) is 19.4. The fourth-order valence-corrected chi connectivity index (χ4v) is 1.89. The van der Waals surface area contributed by atoms with Crippen LogP contribution in [0.4, 0.5) is 0 Å². The SMILES string of the molecule is CCC1(O)CCCCC(O)CC1. The van der Waals surface area contributed by atoms with Crippen molar-refractivity contribution in [1.82, 2.24) is 0 Å². The minimum atomic E-state index is -0.485. The number of hydrogen-bond donors (Lipinski definition) is 2. The van der Waals surface area contributed by atoms with Crippen molar-refractivity contribution in [1.29, 1.82) is 0 Å². The van der Waals surface area contributed by atoms with Gasteiger partial charge in [-0.15, -0.1) is 0 Å². The Balaban J connectivity index is 2.43. The highest BCUT2D eigenvalue weighted by Crippen LogP contribution is 2.28. The zero-order valence-electron chi connectivity index (χ0n) is 7.92. The third-order valence-electron chi connectivity index (χ3n) is 3.03. The van der Waals surface area contributed by atoms with E-state index in [4.69, 9.17) is 0 Å². The molecule has 0 bridgehead atoms. The van der Waals surface area contributed by atoms with Crippen molar-refractivity contribution >= 4 is 0 Å². The molecule has 0 aromatic heterocycles. The lowest BCUT2D eigenvalue weighted by atomic mass is 9.84. The summed E-state index contributed by atoms with van der Waals surface area (Å²) in [6.45, 7) is 2.02. The average molecular weight is 172 g/mol. The Hall–Kier alpha value is -0.0800. The highest BCUT2D eigenvalue weighted by Gasteiger charge is 2.26. The Morgan fingerprint density at radius 2 is 2.00 bits per heavy atom. The van der Waals surface area contributed by atoms with Crippen LogP contribution in [0, 0.1) is 0 Å². The first kappa shape index (κ1) is 10.0. The van der Waals surface area contributed by atoms with Crippen LogP contribution in [0.5, 0.6) is 0 Å². The Morgan fingerprint density at radius 3 is 2.67 bits per heavy atom. The van der Waals surface area contributed by atoms with E-state index in [1.807, 2.05) is 6.92 Å². The lowest BCUT2D eigenvalue weighted by Crippen LogP contribution is -2.30. The predicted molar refractivity (Wildman–Crippen MR) is 48.9 cm³/mol. The van der Waals surface area contributed by atoms with Gasteiger partial charge in [0, 0.05) is 0 Å². The molecule has 12 heavy (non-hydrogen) atoms. The molecule has 0 spiro atoms. The maximum Gasteiger partial charge on any atom is 0.0646 e. The monoisotopic (exact) mass is 172 g/mol. The molecule has 0 aromatic rings. The smallest absolute Gasteiger partial charge is 0.0646 e. The molecule has 0 heterocycles. The second-order valence-electron chi connectivity index (χ2n) is 4.02. The van der Waals surface area contributed by atoms with E-state index in [0.29, 0.717) is 0 Å². The molecule has 1 fully saturated rings. The first-order valence-electron chi connectivity index (χ1n) is 5.07. The third kappa shape index (κ3) is 2.76. The van der Waals surface area contributed by atoms with E-state index >= 15 is 0 Å². The lowest BCUT2D eigenvalue weighted by molar-refractivity contribution is -0.00733. The molecule has 1 aliphatic carbocycles. The molecule has 1 rings (SSSR count). The van der Waals surface area contributed by atoms with Crippen LogP contribution >= 0.6 is 0 Å². The summed E-state index contributed by atoms with van der Waals surface area (Å²) in [5.74, 6) is 0. The largest absolute Gasteiger partial charge is 0.393 e. The lowest BCUT2D eigenvalue weighted by Gasteiger charge is -2.30. The first-order valence-corrected chi connectivity index (χ1v) is 5.07. The van der Waals surface area contributed by atoms with Crippen LogP contribution in [0.2, 0.25) is 0 Å². The number of hydrogen-bond acceptors (Lipinski definition) is 2. The molecule has 1 aliphatic rings. The van der Waals surface area contributed by atoms with E-state index in [9.17, 15) is 10.2 Å². The van der Waals surface area contributed by atoms with Crippen LogP contribution < -0.4 is 0 Å². The maximum atomic E-state index is 9.99. The van der Waals surface area contributed by atoms with E-state index in [1.54, 1.807) is 0 Å². The van der Waals surface area contributed by atoms with Crippen molar-refractivity contribution < 1.29 is 10.2 Å². The van der Waals surface area contributed by atoms with Crippen LogP contribution in [-0.4, -0.2) is 21.9 Å². The number of aliphatic hydroxyl groups excluding tert-OH is 1. The first-order chi connectivity index (χ1) is 5.66. The Kier molecular flexibility index (Phi) is 3.53. The highest BCUT2D eigenvalue weighted by atomic mass is 16.3. The number of aliphatic hydroxyl groups is 2. The van der Waals surface area contributed by atoms with Crippen molar-refractivity contribution in [2.45, 2.75) is 63.6 Å². The van der Waals surface area contributed by atoms with Gasteiger partial charge in [0.2, 0.25) is 0 Å². The van der Waals surface area contributed by atoms with Crippen LogP contribution in [0.15, 0.2) is 0 Å². The van der Waals surface area contributed by atoms with Gasteiger partial charge in [0.1, 0.15) is 0 Å². The summed E-state index contributed by atoms with van der Waals surface area (Å²) in [7, 11) is 0. The molecule has 2 nitrogen and oxygen atoms in total. The van der Waals surface area contributed by atoms with Crippen molar-refractivity contribution in [2.24, 2.45) is 0 Å². The summed E-state index contributed by atoms with van der Waals surface area (Å²) in [6.07, 6.45) is 6.12. The summed E-state index contributed by atoms with van der Waals surface area (Å²) in [6, 6.07) is 0. The molecule has 1 saturated carbocycles. The minimum Gasteiger partial charge on any atom is -0.393 e. The van der Waals surface area contributed by atoms with Gasteiger partial charge in [0.05, 0.1) is 11.7 Å². The van der Waals surface area contributed by atoms with Crippen LogP contribution in [0.25, 0.3) is 0 Å².